The summed E-state index contributed by atoms with van der Waals surface area (Å²) >= 11 is 0. The molecule has 0 spiro atoms. The Labute approximate surface area is 115 Å². The molecule has 0 atom stereocenters. The Bertz CT molecular complexity index is 374. The van der Waals surface area contributed by atoms with Gasteiger partial charge in [-0.2, -0.15) is 4.98 Å². The first-order valence-corrected chi connectivity index (χ1v) is 7.33. The summed E-state index contributed by atoms with van der Waals surface area (Å²) in [4.78, 5) is 4.57. The number of ether oxygens (including phenoxy) is 1. The summed E-state index contributed by atoms with van der Waals surface area (Å²) in [6.45, 7) is 6.38. The Balaban J connectivity index is 2.05. The van der Waals surface area contributed by atoms with E-state index >= 15 is 0 Å². The summed E-state index contributed by atoms with van der Waals surface area (Å²) in [6, 6.07) is 0. The highest BCUT2D eigenvalue weighted by atomic mass is 16.5. The first kappa shape index (κ1) is 14.5. The van der Waals surface area contributed by atoms with E-state index in [1.165, 1.54) is 12.8 Å². The Morgan fingerprint density at radius 2 is 2.00 bits per heavy atom. The second kappa shape index (κ2) is 6.48. The van der Waals surface area contributed by atoms with Crippen molar-refractivity contribution in [2.75, 3.05) is 20.2 Å². The van der Waals surface area contributed by atoms with E-state index < -0.39 is 5.60 Å². The van der Waals surface area contributed by atoms with Crippen LogP contribution in [0.2, 0.25) is 0 Å². The fourth-order valence-electron chi connectivity index (χ4n) is 2.80. The van der Waals surface area contributed by atoms with Gasteiger partial charge in [0.15, 0.2) is 0 Å². The van der Waals surface area contributed by atoms with Gasteiger partial charge in [0.1, 0.15) is 5.60 Å². The van der Waals surface area contributed by atoms with Crippen LogP contribution in [0.3, 0.4) is 0 Å². The van der Waals surface area contributed by atoms with E-state index in [0.29, 0.717) is 11.7 Å². The quantitative estimate of drug-likeness (QED) is 0.856. The largest absolute Gasteiger partial charge is 0.370 e. The summed E-state index contributed by atoms with van der Waals surface area (Å²) < 4.78 is 11.0. The third-order valence-electron chi connectivity index (χ3n) is 4.33. The summed E-state index contributed by atoms with van der Waals surface area (Å²) in [6.07, 6.45) is 4.98. The van der Waals surface area contributed by atoms with Crippen molar-refractivity contribution in [1.29, 1.82) is 0 Å². The van der Waals surface area contributed by atoms with Crippen LogP contribution in [0.25, 0.3) is 0 Å². The molecule has 1 aliphatic heterocycles. The predicted octanol–water partition coefficient (Wildman–Crippen LogP) is 2.27. The summed E-state index contributed by atoms with van der Waals surface area (Å²) in [5.74, 6) is 2.11. The molecule has 1 aromatic rings. The molecule has 1 fully saturated rings. The lowest BCUT2D eigenvalue weighted by atomic mass is 9.94. The van der Waals surface area contributed by atoms with Crippen LogP contribution in [-0.2, 0) is 16.8 Å². The number of aromatic nitrogens is 2. The lowest BCUT2D eigenvalue weighted by Crippen LogP contribution is -2.29. The van der Waals surface area contributed by atoms with E-state index in [4.69, 9.17) is 9.26 Å². The van der Waals surface area contributed by atoms with Crippen molar-refractivity contribution in [2.45, 2.75) is 51.6 Å². The van der Waals surface area contributed by atoms with Crippen LogP contribution < -0.4 is 5.32 Å². The molecular weight excluding hydrogens is 242 g/mol. The van der Waals surface area contributed by atoms with Crippen LogP contribution in [0.4, 0.5) is 0 Å². The number of rotatable bonds is 6. The van der Waals surface area contributed by atoms with Gasteiger partial charge in [0.25, 0.3) is 0 Å². The van der Waals surface area contributed by atoms with Crippen molar-refractivity contribution in [1.82, 2.24) is 15.5 Å². The van der Waals surface area contributed by atoms with Gasteiger partial charge in [-0.1, -0.05) is 19.0 Å². The normalized spacial score (nSPS) is 17.8. The average Bonchev–Trinajstić information content (AvgIpc) is 2.92. The zero-order valence-corrected chi connectivity index (χ0v) is 12.2. The molecule has 1 aliphatic rings. The van der Waals surface area contributed by atoms with E-state index in [1.54, 1.807) is 7.11 Å². The van der Waals surface area contributed by atoms with E-state index in [1.807, 2.05) is 0 Å². The minimum Gasteiger partial charge on any atom is -0.370 e. The first-order valence-electron chi connectivity index (χ1n) is 7.33. The van der Waals surface area contributed by atoms with E-state index in [2.05, 4.69) is 29.3 Å². The second-order valence-corrected chi connectivity index (χ2v) is 5.31. The molecule has 5 heteroatoms. The monoisotopic (exact) mass is 267 g/mol. The number of piperidine rings is 1. The van der Waals surface area contributed by atoms with Gasteiger partial charge in [0, 0.05) is 13.5 Å². The maximum absolute atomic E-state index is 5.63. The molecule has 108 valence electrons. The van der Waals surface area contributed by atoms with Crippen LogP contribution >= 0.6 is 0 Å². The summed E-state index contributed by atoms with van der Waals surface area (Å²) in [7, 11) is 1.72. The third-order valence-corrected chi connectivity index (χ3v) is 4.33. The molecule has 1 aromatic heterocycles. The number of methoxy groups -OCH3 is 1. The summed E-state index contributed by atoms with van der Waals surface area (Å²) in [5, 5.41) is 7.51. The highest BCUT2D eigenvalue weighted by Crippen LogP contribution is 2.30. The van der Waals surface area contributed by atoms with Gasteiger partial charge < -0.3 is 14.6 Å². The highest BCUT2D eigenvalue weighted by Gasteiger charge is 2.33. The van der Waals surface area contributed by atoms with Crippen LogP contribution in [0, 0.1) is 5.92 Å². The molecule has 0 aromatic carbocycles. The van der Waals surface area contributed by atoms with Gasteiger partial charge in [-0.15, -0.1) is 0 Å². The molecule has 0 bridgehead atoms. The van der Waals surface area contributed by atoms with Gasteiger partial charge in [0.2, 0.25) is 11.7 Å². The molecule has 1 saturated heterocycles. The highest BCUT2D eigenvalue weighted by molar-refractivity contribution is 5.01. The maximum atomic E-state index is 5.63. The molecule has 0 saturated carbocycles. The molecule has 0 unspecified atom stereocenters. The molecule has 0 radical (unpaired) electrons. The van der Waals surface area contributed by atoms with E-state index in [0.717, 1.165) is 38.2 Å². The second-order valence-electron chi connectivity index (χ2n) is 5.31. The molecular formula is C14H25N3O2. The lowest BCUT2D eigenvalue weighted by Gasteiger charge is -2.26. The van der Waals surface area contributed by atoms with Gasteiger partial charge >= 0.3 is 0 Å². The Morgan fingerprint density at radius 3 is 2.58 bits per heavy atom. The van der Waals surface area contributed by atoms with Gasteiger partial charge in [-0.25, -0.2) is 0 Å². The molecule has 2 heterocycles. The Hall–Kier alpha value is -0.940. The Kier molecular flexibility index (Phi) is 4.93. The standard InChI is InChI=1S/C14H25N3O2/c1-4-14(5-2,18-3)13-16-12(19-17-13)10-11-6-8-15-9-7-11/h11,15H,4-10H2,1-3H3. The Morgan fingerprint density at radius 1 is 1.32 bits per heavy atom. The molecule has 0 aliphatic carbocycles. The minimum atomic E-state index is -0.393. The topological polar surface area (TPSA) is 60.2 Å². The van der Waals surface area contributed by atoms with Gasteiger partial charge in [-0.3, -0.25) is 0 Å². The SMILES string of the molecule is CCC(CC)(OC)c1noc(CC2CCNCC2)n1. The molecule has 0 amide bonds. The molecule has 2 rings (SSSR count). The van der Waals surface area contributed by atoms with Crippen molar-refractivity contribution >= 4 is 0 Å². The van der Waals surface area contributed by atoms with Crippen molar-refractivity contribution in [3.63, 3.8) is 0 Å². The van der Waals surface area contributed by atoms with Crippen LogP contribution in [-0.4, -0.2) is 30.3 Å². The summed E-state index contributed by atoms with van der Waals surface area (Å²) in [5.41, 5.74) is -0.393. The van der Waals surface area contributed by atoms with Gasteiger partial charge in [-0.05, 0) is 44.7 Å². The number of nitrogens with one attached hydrogen (secondary N) is 1. The first-order chi connectivity index (χ1) is 9.24. The number of hydrogen-bond donors (Lipinski definition) is 1. The lowest BCUT2D eigenvalue weighted by molar-refractivity contribution is -0.0306. The smallest absolute Gasteiger partial charge is 0.227 e. The van der Waals surface area contributed by atoms with Gasteiger partial charge in [0.05, 0.1) is 0 Å². The number of nitrogens with zero attached hydrogens (tertiary/aromatic N) is 2. The van der Waals surface area contributed by atoms with E-state index in [9.17, 15) is 0 Å². The number of hydrogen-bond acceptors (Lipinski definition) is 5. The molecule has 1 N–H and O–H groups in total. The van der Waals surface area contributed by atoms with Crippen LogP contribution in [0.1, 0.15) is 51.2 Å². The fraction of sp³-hybridized carbons (Fsp3) is 0.857. The fourth-order valence-corrected chi connectivity index (χ4v) is 2.80. The van der Waals surface area contributed by atoms with E-state index in [-0.39, 0.29) is 0 Å². The zero-order chi connectivity index (χ0) is 13.7. The average molecular weight is 267 g/mol. The van der Waals surface area contributed by atoms with Crippen molar-refractivity contribution in [2.24, 2.45) is 5.92 Å². The van der Waals surface area contributed by atoms with Crippen LogP contribution in [0.15, 0.2) is 4.52 Å². The van der Waals surface area contributed by atoms with Crippen LogP contribution in [0.5, 0.6) is 0 Å². The maximum Gasteiger partial charge on any atom is 0.227 e. The third kappa shape index (κ3) is 3.15. The minimum absolute atomic E-state index is 0.393. The molecule has 5 nitrogen and oxygen atoms in total. The predicted molar refractivity (Wildman–Crippen MR) is 72.9 cm³/mol. The molecule has 19 heavy (non-hydrogen) atoms. The van der Waals surface area contributed by atoms with Crippen molar-refractivity contribution in [3.05, 3.63) is 11.7 Å². The van der Waals surface area contributed by atoms with Crippen molar-refractivity contribution < 1.29 is 9.26 Å². The zero-order valence-electron chi connectivity index (χ0n) is 12.2. The van der Waals surface area contributed by atoms with Crippen molar-refractivity contribution in [3.8, 4) is 0 Å².